The van der Waals surface area contributed by atoms with E-state index in [4.69, 9.17) is 10.1 Å². The second-order valence-electron chi connectivity index (χ2n) is 5.78. The first-order valence-electron chi connectivity index (χ1n) is 7.96. The first kappa shape index (κ1) is 15.5. The summed E-state index contributed by atoms with van der Waals surface area (Å²) in [6, 6.07) is 0. The van der Waals surface area contributed by atoms with Crippen LogP contribution in [0.4, 0.5) is 0 Å². The highest BCUT2D eigenvalue weighted by Gasteiger charge is 2.20. The summed E-state index contributed by atoms with van der Waals surface area (Å²) >= 11 is 0. The van der Waals surface area contributed by atoms with E-state index in [1.165, 1.54) is 57.8 Å². The van der Waals surface area contributed by atoms with Crippen molar-refractivity contribution in [3.63, 3.8) is 0 Å². The lowest BCUT2D eigenvalue weighted by molar-refractivity contribution is 0.244. The molecule has 1 fully saturated rings. The average Bonchev–Trinajstić information content (AvgIpc) is 2.38. The van der Waals surface area contributed by atoms with Crippen molar-refractivity contribution in [1.82, 2.24) is 0 Å². The molecule has 0 bridgehead atoms. The molecule has 0 aromatic carbocycles. The Labute approximate surface area is 113 Å². The topological polar surface area (TPSA) is 33.1 Å². The molecule has 1 aliphatic carbocycles. The van der Waals surface area contributed by atoms with Crippen molar-refractivity contribution in [3.05, 3.63) is 0 Å². The fourth-order valence-electron chi connectivity index (χ4n) is 3.07. The second-order valence-corrected chi connectivity index (χ2v) is 5.78. The van der Waals surface area contributed by atoms with Gasteiger partial charge >= 0.3 is 0 Å². The van der Waals surface area contributed by atoms with Gasteiger partial charge in [0.05, 0.1) is 6.61 Å². The van der Waals surface area contributed by atoms with Crippen molar-refractivity contribution < 1.29 is 4.74 Å². The summed E-state index contributed by atoms with van der Waals surface area (Å²) in [7, 11) is 0. The van der Waals surface area contributed by atoms with E-state index in [-0.39, 0.29) is 0 Å². The van der Waals surface area contributed by atoms with Gasteiger partial charge in [-0.15, -0.1) is 0 Å². The quantitative estimate of drug-likeness (QED) is 0.361. The highest BCUT2D eigenvalue weighted by Crippen LogP contribution is 2.34. The first-order chi connectivity index (χ1) is 8.76. The van der Waals surface area contributed by atoms with Crippen LogP contribution in [-0.4, -0.2) is 12.5 Å². The van der Waals surface area contributed by atoms with E-state index in [9.17, 15) is 0 Å². The van der Waals surface area contributed by atoms with Crippen LogP contribution in [0.1, 0.15) is 78.1 Å². The van der Waals surface area contributed by atoms with E-state index >= 15 is 0 Å². The van der Waals surface area contributed by atoms with E-state index in [0.29, 0.717) is 12.5 Å². The largest absolute Gasteiger partial charge is 0.481 e. The Balaban J connectivity index is 2.06. The standard InChI is InChI=1S/C16H31NO/c1-3-5-6-7-14-8-10-15(11-9-14)12-13-16(17)18-4-2/h14-15,17H,3-13H2,1-2H3. The van der Waals surface area contributed by atoms with E-state index in [1.807, 2.05) is 6.92 Å². The summed E-state index contributed by atoms with van der Waals surface area (Å²) in [6.07, 6.45) is 13.3. The Kier molecular flexibility index (Phi) is 8.11. The van der Waals surface area contributed by atoms with E-state index in [1.54, 1.807) is 0 Å². The predicted octanol–water partition coefficient (Wildman–Crippen LogP) is 5.17. The summed E-state index contributed by atoms with van der Waals surface area (Å²) in [6.45, 7) is 4.88. The van der Waals surface area contributed by atoms with E-state index in [2.05, 4.69) is 6.92 Å². The maximum Gasteiger partial charge on any atom is 0.180 e. The van der Waals surface area contributed by atoms with Crippen LogP contribution in [0, 0.1) is 17.2 Å². The van der Waals surface area contributed by atoms with Crippen molar-refractivity contribution in [2.24, 2.45) is 11.8 Å². The molecule has 1 rings (SSSR count). The number of ether oxygens (including phenoxy) is 1. The SMILES string of the molecule is CCCCCC1CCC(CCC(=N)OCC)CC1. The van der Waals surface area contributed by atoms with Gasteiger partial charge in [0, 0.05) is 6.42 Å². The molecule has 0 unspecified atom stereocenters. The third-order valence-corrected chi connectivity index (χ3v) is 4.28. The highest BCUT2D eigenvalue weighted by molar-refractivity contribution is 5.72. The molecule has 106 valence electrons. The van der Waals surface area contributed by atoms with Crippen molar-refractivity contribution >= 4 is 5.90 Å². The van der Waals surface area contributed by atoms with Crippen LogP contribution in [0.2, 0.25) is 0 Å². The van der Waals surface area contributed by atoms with Gasteiger partial charge in [-0.05, 0) is 25.2 Å². The number of hydrogen-bond acceptors (Lipinski definition) is 2. The molecule has 0 aliphatic heterocycles. The summed E-state index contributed by atoms with van der Waals surface area (Å²) in [4.78, 5) is 0. The molecular weight excluding hydrogens is 222 g/mol. The van der Waals surface area contributed by atoms with Gasteiger partial charge in [-0.1, -0.05) is 58.3 Å². The van der Waals surface area contributed by atoms with Crippen LogP contribution in [0.15, 0.2) is 0 Å². The summed E-state index contributed by atoms with van der Waals surface area (Å²) in [5.41, 5.74) is 0. The zero-order chi connectivity index (χ0) is 13.2. The first-order valence-corrected chi connectivity index (χ1v) is 7.96. The monoisotopic (exact) mass is 253 g/mol. The van der Waals surface area contributed by atoms with Gasteiger partial charge in [0.2, 0.25) is 0 Å². The fraction of sp³-hybridized carbons (Fsp3) is 0.938. The van der Waals surface area contributed by atoms with Crippen molar-refractivity contribution in [2.75, 3.05) is 6.61 Å². The van der Waals surface area contributed by atoms with Gasteiger partial charge in [-0.25, -0.2) is 0 Å². The Bertz CT molecular complexity index is 219. The zero-order valence-corrected chi connectivity index (χ0v) is 12.3. The van der Waals surface area contributed by atoms with Crippen LogP contribution < -0.4 is 0 Å². The Hall–Kier alpha value is -0.530. The van der Waals surface area contributed by atoms with Crippen LogP contribution >= 0.6 is 0 Å². The molecule has 1 aliphatic rings. The van der Waals surface area contributed by atoms with Crippen LogP contribution in [0.5, 0.6) is 0 Å². The van der Waals surface area contributed by atoms with Gasteiger partial charge < -0.3 is 4.74 Å². The average molecular weight is 253 g/mol. The lowest BCUT2D eigenvalue weighted by Gasteiger charge is -2.28. The molecule has 2 heteroatoms. The maximum absolute atomic E-state index is 7.64. The van der Waals surface area contributed by atoms with Crippen molar-refractivity contribution in [2.45, 2.75) is 78.1 Å². The summed E-state index contributed by atoms with van der Waals surface area (Å²) in [5.74, 6) is 2.34. The van der Waals surface area contributed by atoms with Crippen LogP contribution in [0.25, 0.3) is 0 Å². The third kappa shape index (κ3) is 6.42. The van der Waals surface area contributed by atoms with Crippen LogP contribution in [0.3, 0.4) is 0 Å². The van der Waals surface area contributed by atoms with Gasteiger partial charge in [0.15, 0.2) is 5.90 Å². The second kappa shape index (κ2) is 9.41. The molecule has 2 nitrogen and oxygen atoms in total. The highest BCUT2D eigenvalue weighted by atomic mass is 16.5. The summed E-state index contributed by atoms with van der Waals surface area (Å²) < 4.78 is 5.20. The Morgan fingerprint density at radius 3 is 2.17 bits per heavy atom. The molecule has 0 aromatic rings. The lowest BCUT2D eigenvalue weighted by atomic mass is 9.78. The number of rotatable bonds is 8. The zero-order valence-electron chi connectivity index (χ0n) is 12.3. The molecule has 0 aromatic heterocycles. The van der Waals surface area contributed by atoms with Crippen molar-refractivity contribution in [1.29, 1.82) is 5.41 Å². The molecule has 0 heterocycles. The van der Waals surface area contributed by atoms with Crippen LogP contribution in [-0.2, 0) is 4.74 Å². The third-order valence-electron chi connectivity index (χ3n) is 4.28. The molecule has 0 saturated heterocycles. The Morgan fingerprint density at radius 2 is 1.61 bits per heavy atom. The van der Waals surface area contributed by atoms with E-state index < -0.39 is 0 Å². The molecule has 1 saturated carbocycles. The number of unbranched alkanes of at least 4 members (excludes halogenated alkanes) is 2. The smallest absolute Gasteiger partial charge is 0.180 e. The summed E-state index contributed by atoms with van der Waals surface area (Å²) in [5, 5.41) is 7.64. The molecule has 1 N–H and O–H groups in total. The number of hydrogen-bond donors (Lipinski definition) is 1. The fourth-order valence-corrected chi connectivity index (χ4v) is 3.07. The normalized spacial score (nSPS) is 23.9. The molecule has 0 atom stereocenters. The van der Waals surface area contributed by atoms with E-state index in [0.717, 1.165) is 18.3 Å². The number of nitrogens with one attached hydrogen (secondary N) is 1. The molecular formula is C16H31NO. The van der Waals surface area contributed by atoms with Gasteiger partial charge in [-0.2, -0.15) is 0 Å². The Morgan fingerprint density at radius 1 is 1.00 bits per heavy atom. The molecule has 0 spiro atoms. The van der Waals surface area contributed by atoms with Gasteiger partial charge in [0.25, 0.3) is 0 Å². The molecule has 18 heavy (non-hydrogen) atoms. The minimum absolute atomic E-state index is 0.488. The molecule has 0 radical (unpaired) electrons. The van der Waals surface area contributed by atoms with Gasteiger partial charge in [-0.3, -0.25) is 5.41 Å². The van der Waals surface area contributed by atoms with Gasteiger partial charge in [0.1, 0.15) is 0 Å². The predicted molar refractivity (Wildman–Crippen MR) is 78.2 cm³/mol. The maximum atomic E-state index is 7.64. The minimum atomic E-state index is 0.488. The molecule has 0 amide bonds. The lowest BCUT2D eigenvalue weighted by Crippen LogP contribution is -2.16. The minimum Gasteiger partial charge on any atom is -0.481 e. The van der Waals surface area contributed by atoms with Crippen molar-refractivity contribution in [3.8, 4) is 0 Å².